The van der Waals surface area contributed by atoms with Gasteiger partial charge in [-0.1, -0.05) is 18.2 Å². The third-order valence-corrected chi connectivity index (χ3v) is 3.90. The molecule has 94 valence electrons. The Kier molecular flexibility index (Phi) is 3.34. The van der Waals surface area contributed by atoms with Gasteiger partial charge >= 0.3 is 0 Å². The van der Waals surface area contributed by atoms with Crippen LogP contribution in [-0.4, -0.2) is 13.4 Å². The summed E-state index contributed by atoms with van der Waals surface area (Å²) in [7, 11) is -3.54. The molecule has 0 spiro atoms. The Labute approximate surface area is 107 Å². The van der Waals surface area contributed by atoms with Crippen LogP contribution >= 0.6 is 0 Å². The van der Waals surface area contributed by atoms with E-state index < -0.39 is 10.0 Å². The number of nitrogens with one attached hydrogen (secondary N) is 1. The number of hydrogen-bond donors (Lipinski definition) is 1. The van der Waals surface area contributed by atoms with Crippen LogP contribution in [0.25, 0.3) is 0 Å². The van der Waals surface area contributed by atoms with Crippen molar-refractivity contribution in [2.24, 2.45) is 0 Å². The zero-order valence-corrected chi connectivity index (χ0v) is 11.0. The van der Waals surface area contributed by atoms with Gasteiger partial charge in [-0.3, -0.25) is 9.71 Å². The summed E-state index contributed by atoms with van der Waals surface area (Å²) in [6, 6.07) is 11.8. The lowest BCUT2D eigenvalue weighted by Crippen LogP contribution is -2.14. The Balaban J connectivity index is 2.34. The fraction of sp³-hybridized carbons (Fsp3) is 0.154. The highest BCUT2D eigenvalue weighted by Gasteiger charge is 2.14. The van der Waals surface area contributed by atoms with Gasteiger partial charge in [0.1, 0.15) is 0 Å². The van der Waals surface area contributed by atoms with Crippen molar-refractivity contribution >= 4 is 15.7 Å². The molecule has 0 saturated heterocycles. The maximum Gasteiger partial charge on any atom is 0.261 e. The van der Waals surface area contributed by atoms with Crippen LogP contribution in [0.3, 0.4) is 0 Å². The van der Waals surface area contributed by atoms with Crippen LogP contribution in [0.1, 0.15) is 11.4 Å². The van der Waals surface area contributed by atoms with Crippen LogP contribution in [0, 0.1) is 13.8 Å². The Hall–Kier alpha value is -1.88. The smallest absolute Gasteiger partial charge is 0.261 e. The van der Waals surface area contributed by atoms with Crippen molar-refractivity contribution in [1.82, 2.24) is 4.98 Å². The third-order valence-electron chi connectivity index (χ3n) is 2.52. The molecular weight excluding hydrogens is 248 g/mol. The quantitative estimate of drug-likeness (QED) is 0.924. The van der Waals surface area contributed by atoms with E-state index in [0.717, 1.165) is 5.69 Å². The zero-order chi connectivity index (χ0) is 13.2. The number of aromatic nitrogens is 1. The molecule has 2 rings (SSSR count). The first kappa shape index (κ1) is 12.6. The van der Waals surface area contributed by atoms with Crippen molar-refractivity contribution in [2.75, 3.05) is 4.72 Å². The molecule has 0 unspecified atom stereocenters. The van der Waals surface area contributed by atoms with Gasteiger partial charge in [-0.15, -0.1) is 0 Å². The second-order valence-electron chi connectivity index (χ2n) is 4.00. The van der Waals surface area contributed by atoms with E-state index >= 15 is 0 Å². The number of aryl methyl sites for hydroxylation is 2. The third kappa shape index (κ3) is 2.68. The second-order valence-corrected chi connectivity index (χ2v) is 5.69. The van der Waals surface area contributed by atoms with E-state index in [2.05, 4.69) is 9.71 Å². The van der Waals surface area contributed by atoms with Gasteiger partial charge in [0.05, 0.1) is 16.3 Å². The van der Waals surface area contributed by atoms with Gasteiger partial charge in [0, 0.05) is 5.69 Å². The summed E-state index contributed by atoms with van der Waals surface area (Å²) in [5.74, 6) is 0. The topological polar surface area (TPSA) is 59.1 Å². The number of hydrogen-bond acceptors (Lipinski definition) is 3. The predicted octanol–water partition coefficient (Wildman–Crippen LogP) is 2.50. The molecule has 1 N–H and O–H groups in total. The molecule has 0 aliphatic carbocycles. The standard InChI is InChI=1S/C13H14N2O2S/c1-10-8-9-13(11(2)14-10)15-18(16,17)12-6-4-3-5-7-12/h3-9,15H,1-2H3. The summed E-state index contributed by atoms with van der Waals surface area (Å²) in [6.07, 6.45) is 0. The fourth-order valence-electron chi connectivity index (χ4n) is 1.60. The maximum absolute atomic E-state index is 12.1. The normalized spacial score (nSPS) is 11.2. The molecule has 0 atom stereocenters. The molecular formula is C13H14N2O2S. The van der Waals surface area contributed by atoms with E-state index in [1.54, 1.807) is 49.4 Å². The average molecular weight is 262 g/mol. The molecule has 5 heteroatoms. The molecule has 0 amide bonds. The Morgan fingerprint density at radius 2 is 1.67 bits per heavy atom. The molecule has 0 aliphatic rings. The first-order valence-electron chi connectivity index (χ1n) is 5.51. The highest BCUT2D eigenvalue weighted by molar-refractivity contribution is 7.92. The van der Waals surface area contributed by atoms with Crippen molar-refractivity contribution in [2.45, 2.75) is 18.7 Å². The van der Waals surface area contributed by atoms with Crippen LogP contribution in [0.2, 0.25) is 0 Å². The summed E-state index contributed by atoms with van der Waals surface area (Å²) < 4.78 is 26.7. The lowest BCUT2D eigenvalue weighted by atomic mass is 10.3. The lowest BCUT2D eigenvalue weighted by molar-refractivity contribution is 0.601. The van der Waals surface area contributed by atoms with Gasteiger partial charge < -0.3 is 0 Å². The number of anilines is 1. The van der Waals surface area contributed by atoms with Crippen molar-refractivity contribution in [3.8, 4) is 0 Å². The molecule has 2 aromatic rings. The lowest BCUT2D eigenvalue weighted by Gasteiger charge is -2.10. The molecule has 0 saturated carbocycles. The summed E-state index contributed by atoms with van der Waals surface area (Å²) in [6.45, 7) is 3.64. The number of pyridine rings is 1. The Morgan fingerprint density at radius 1 is 1.00 bits per heavy atom. The van der Waals surface area contributed by atoms with Crippen molar-refractivity contribution in [3.63, 3.8) is 0 Å². The van der Waals surface area contributed by atoms with E-state index in [9.17, 15) is 8.42 Å². The van der Waals surface area contributed by atoms with Crippen LogP contribution in [-0.2, 0) is 10.0 Å². The monoisotopic (exact) mass is 262 g/mol. The number of nitrogens with zero attached hydrogens (tertiary/aromatic N) is 1. The molecule has 18 heavy (non-hydrogen) atoms. The van der Waals surface area contributed by atoms with Gasteiger partial charge in [0.25, 0.3) is 10.0 Å². The number of benzene rings is 1. The summed E-state index contributed by atoms with van der Waals surface area (Å²) in [4.78, 5) is 4.47. The van der Waals surface area contributed by atoms with Crippen LogP contribution in [0.15, 0.2) is 47.4 Å². The van der Waals surface area contributed by atoms with Crippen molar-refractivity contribution in [1.29, 1.82) is 0 Å². The SMILES string of the molecule is Cc1ccc(NS(=O)(=O)c2ccccc2)c(C)n1. The summed E-state index contributed by atoms with van der Waals surface area (Å²) in [5.41, 5.74) is 2.02. The molecule has 0 radical (unpaired) electrons. The van der Waals surface area contributed by atoms with Gasteiger partial charge in [-0.2, -0.15) is 0 Å². The highest BCUT2D eigenvalue weighted by Crippen LogP contribution is 2.18. The summed E-state index contributed by atoms with van der Waals surface area (Å²) in [5, 5.41) is 0. The number of rotatable bonds is 3. The molecule has 0 bridgehead atoms. The predicted molar refractivity (Wildman–Crippen MR) is 71.0 cm³/mol. The molecule has 4 nitrogen and oxygen atoms in total. The van der Waals surface area contributed by atoms with Gasteiger partial charge in [0.15, 0.2) is 0 Å². The van der Waals surface area contributed by atoms with Crippen molar-refractivity contribution < 1.29 is 8.42 Å². The first-order valence-corrected chi connectivity index (χ1v) is 6.99. The van der Waals surface area contributed by atoms with E-state index in [4.69, 9.17) is 0 Å². The van der Waals surface area contributed by atoms with E-state index in [1.165, 1.54) is 0 Å². The molecule has 0 fully saturated rings. The van der Waals surface area contributed by atoms with E-state index in [0.29, 0.717) is 11.4 Å². The van der Waals surface area contributed by atoms with Gasteiger partial charge in [-0.25, -0.2) is 8.42 Å². The van der Waals surface area contributed by atoms with Crippen molar-refractivity contribution in [3.05, 3.63) is 53.9 Å². The van der Waals surface area contributed by atoms with E-state index in [-0.39, 0.29) is 4.90 Å². The fourth-order valence-corrected chi connectivity index (χ4v) is 2.74. The minimum Gasteiger partial charge on any atom is -0.278 e. The minimum absolute atomic E-state index is 0.241. The Morgan fingerprint density at radius 3 is 2.28 bits per heavy atom. The van der Waals surface area contributed by atoms with Crippen LogP contribution in [0.4, 0.5) is 5.69 Å². The molecule has 1 aromatic heterocycles. The zero-order valence-electron chi connectivity index (χ0n) is 10.2. The largest absolute Gasteiger partial charge is 0.278 e. The molecule has 0 aliphatic heterocycles. The number of sulfonamides is 1. The van der Waals surface area contributed by atoms with Crippen LogP contribution < -0.4 is 4.72 Å². The second kappa shape index (κ2) is 4.78. The summed E-state index contributed by atoms with van der Waals surface area (Å²) >= 11 is 0. The van der Waals surface area contributed by atoms with Gasteiger partial charge in [0.2, 0.25) is 0 Å². The van der Waals surface area contributed by atoms with Gasteiger partial charge in [-0.05, 0) is 38.1 Å². The average Bonchev–Trinajstić information content (AvgIpc) is 2.34. The van der Waals surface area contributed by atoms with Crippen LogP contribution in [0.5, 0.6) is 0 Å². The molecule has 1 aromatic carbocycles. The minimum atomic E-state index is -3.54. The molecule has 1 heterocycles. The van der Waals surface area contributed by atoms with E-state index in [1.807, 2.05) is 6.92 Å². The highest BCUT2D eigenvalue weighted by atomic mass is 32.2. The first-order chi connectivity index (χ1) is 8.49. The Bertz CT molecular complexity index is 652. The maximum atomic E-state index is 12.1.